The van der Waals surface area contributed by atoms with Crippen molar-refractivity contribution in [3.63, 3.8) is 0 Å². The van der Waals surface area contributed by atoms with E-state index in [4.69, 9.17) is 9.84 Å². The van der Waals surface area contributed by atoms with E-state index in [0.29, 0.717) is 12.3 Å². The highest BCUT2D eigenvalue weighted by atomic mass is 16.5. The van der Waals surface area contributed by atoms with E-state index in [1.54, 1.807) is 14.0 Å². The van der Waals surface area contributed by atoms with Crippen molar-refractivity contribution in [2.45, 2.75) is 19.9 Å². The number of hydrogen-bond acceptors (Lipinski definition) is 3. The SMILES string of the molecule is CCOc1ccc2cc(C(=O)N(C)C(C)CO)[nH]c2c1. The Morgan fingerprint density at radius 3 is 2.85 bits per heavy atom. The number of aliphatic hydroxyl groups excluding tert-OH is 1. The van der Waals surface area contributed by atoms with Crippen LogP contribution in [0.25, 0.3) is 10.9 Å². The van der Waals surface area contributed by atoms with Crippen LogP contribution in [0.2, 0.25) is 0 Å². The topological polar surface area (TPSA) is 65.6 Å². The number of rotatable bonds is 5. The molecule has 1 atom stereocenters. The van der Waals surface area contributed by atoms with Crippen molar-refractivity contribution in [2.75, 3.05) is 20.3 Å². The molecule has 0 aliphatic heterocycles. The van der Waals surface area contributed by atoms with Crippen LogP contribution in [-0.4, -0.2) is 47.2 Å². The maximum atomic E-state index is 12.3. The highest BCUT2D eigenvalue weighted by Gasteiger charge is 2.18. The normalized spacial score (nSPS) is 12.4. The van der Waals surface area contributed by atoms with E-state index in [2.05, 4.69) is 4.98 Å². The summed E-state index contributed by atoms with van der Waals surface area (Å²) in [4.78, 5) is 16.9. The molecule has 0 saturated carbocycles. The number of aliphatic hydroxyl groups is 1. The number of benzene rings is 1. The summed E-state index contributed by atoms with van der Waals surface area (Å²) in [6.07, 6.45) is 0. The van der Waals surface area contributed by atoms with Crippen molar-refractivity contribution in [3.8, 4) is 5.75 Å². The fourth-order valence-corrected chi connectivity index (χ4v) is 1.99. The van der Waals surface area contributed by atoms with Crippen molar-refractivity contribution in [1.29, 1.82) is 0 Å². The summed E-state index contributed by atoms with van der Waals surface area (Å²) in [5.41, 5.74) is 1.38. The summed E-state index contributed by atoms with van der Waals surface area (Å²) in [7, 11) is 1.68. The van der Waals surface area contributed by atoms with E-state index in [1.807, 2.05) is 31.2 Å². The summed E-state index contributed by atoms with van der Waals surface area (Å²) in [5.74, 6) is 0.638. The van der Waals surface area contributed by atoms with E-state index >= 15 is 0 Å². The monoisotopic (exact) mass is 276 g/mol. The highest BCUT2D eigenvalue weighted by molar-refractivity contribution is 5.98. The molecule has 2 N–H and O–H groups in total. The lowest BCUT2D eigenvalue weighted by Crippen LogP contribution is -2.37. The van der Waals surface area contributed by atoms with Crippen LogP contribution in [0.5, 0.6) is 5.75 Å². The minimum absolute atomic E-state index is 0.0586. The van der Waals surface area contributed by atoms with Crippen LogP contribution < -0.4 is 4.74 Å². The van der Waals surface area contributed by atoms with Crippen molar-refractivity contribution in [1.82, 2.24) is 9.88 Å². The Bertz CT molecular complexity index is 606. The third-order valence-electron chi connectivity index (χ3n) is 3.38. The van der Waals surface area contributed by atoms with Crippen LogP contribution in [0.1, 0.15) is 24.3 Å². The van der Waals surface area contributed by atoms with Crippen molar-refractivity contribution >= 4 is 16.8 Å². The molecule has 0 radical (unpaired) electrons. The number of aromatic amines is 1. The molecule has 0 spiro atoms. The second-order valence-electron chi connectivity index (χ2n) is 4.81. The van der Waals surface area contributed by atoms with Gasteiger partial charge in [-0.3, -0.25) is 4.79 Å². The molecule has 108 valence electrons. The molecule has 0 saturated heterocycles. The zero-order valence-electron chi connectivity index (χ0n) is 12.0. The summed E-state index contributed by atoms with van der Waals surface area (Å²) < 4.78 is 5.44. The molecular weight excluding hydrogens is 256 g/mol. The minimum atomic E-state index is -0.215. The van der Waals surface area contributed by atoms with Gasteiger partial charge in [-0.25, -0.2) is 0 Å². The molecule has 1 amide bonds. The molecular formula is C15H20N2O3. The average molecular weight is 276 g/mol. The Labute approximate surface area is 118 Å². The van der Waals surface area contributed by atoms with Crippen LogP contribution in [-0.2, 0) is 0 Å². The maximum Gasteiger partial charge on any atom is 0.270 e. The molecule has 1 unspecified atom stereocenters. The quantitative estimate of drug-likeness (QED) is 0.878. The van der Waals surface area contributed by atoms with Gasteiger partial charge in [-0.05, 0) is 32.0 Å². The lowest BCUT2D eigenvalue weighted by Gasteiger charge is -2.22. The van der Waals surface area contributed by atoms with Gasteiger partial charge < -0.3 is 19.7 Å². The first-order valence-corrected chi connectivity index (χ1v) is 6.70. The molecule has 1 heterocycles. The Morgan fingerprint density at radius 1 is 1.45 bits per heavy atom. The molecule has 0 bridgehead atoms. The molecule has 0 aliphatic rings. The maximum absolute atomic E-state index is 12.3. The first-order chi connectivity index (χ1) is 9.56. The number of amides is 1. The highest BCUT2D eigenvalue weighted by Crippen LogP contribution is 2.22. The van der Waals surface area contributed by atoms with E-state index in [0.717, 1.165) is 16.7 Å². The van der Waals surface area contributed by atoms with Crippen molar-refractivity contribution < 1.29 is 14.6 Å². The van der Waals surface area contributed by atoms with Crippen LogP contribution >= 0.6 is 0 Å². The standard InChI is InChI=1S/C15H20N2O3/c1-4-20-12-6-5-11-7-14(16-13(11)8-12)15(19)17(3)10(2)9-18/h5-8,10,16,18H,4,9H2,1-3H3. The molecule has 1 aromatic heterocycles. The number of nitrogens with one attached hydrogen (secondary N) is 1. The molecule has 2 rings (SSSR count). The molecule has 20 heavy (non-hydrogen) atoms. The Balaban J connectivity index is 2.29. The number of ether oxygens (including phenoxy) is 1. The second kappa shape index (κ2) is 5.96. The summed E-state index contributed by atoms with van der Waals surface area (Å²) in [6.45, 7) is 4.28. The number of aromatic nitrogens is 1. The molecule has 2 aromatic rings. The first kappa shape index (κ1) is 14.4. The minimum Gasteiger partial charge on any atom is -0.494 e. The number of hydrogen-bond donors (Lipinski definition) is 2. The van der Waals surface area contributed by atoms with E-state index in [1.165, 1.54) is 4.90 Å². The molecule has 1 aromatic carbocycles. The van der Waals surface area contributed by atoms with Gasteiger partial charge in [-0.15, -0.1) is 0 Å². The van der Waals surface area contributed by atoms with Gasteiger partial charge >= 0.3 is 0 Å². The molecule has 5 nitrogen and oxygen atoms in total. The van der Waals surface area contributed by atoms with Gasteiger partial charge in [-0.1, -0.05) is 0 Å². The van der Waals surface area contributed by atoms with Gasteiger partial charge in [0, 0.05) is 24.0 Å². The molecule has 5 heteroatoms. The summed E-state index contributed by atoms with van der Waals surface area (Å²) in [6, 6.07) is 7.28. The van der Waals surface area contributed by atoms with Gasteiger partial charge in [0.05, 0.1) is 19.3 Å². The van der Waals surface area contributed by atoms with Crippen molar-refractivity contribution in [2.24, 2.45) is 0 Å². The number of carbonyl (C=O) groups excluding carboxylic acids is 1. The van der Waals surface area contributed by atoms with E-state index < -0.39 is 0 Å². The van der Waals surface area contributed by atoms with Gasteiger partial charge in [-0.2, -0.15) is 0 Å². The van der Waals surface area contributed by atoms with Crippen LogP contribution in [0.15, 0.2) is 24.3 Å². The lowest BCUT2D eigenvalue weighted by atomic mass is 10.2. The van der Waals surface area contributed by atoms with E-state index in [-0.39, 0.29) is 18.6 Å². The second-order valence-corrected chi connectivity index (χ2v) is 4.81. The van der Waals surface area contributed by atoms with Gasteiger partial charge in [0.15, 0.2) is 0 Å². The fourth-order valence-electron chi connectivity index (χ4n) is 1.99. The first-order valence-electron chi connectivity index (χ1n) is 6.70. The molecule has 0 aliphatic carbocycles. The lowest BCUT2D eigenvalue weighted by molar-refractivity contribution is 0.0677. The third-order valence-corrected chi connectivity index (χ3v) is 3.38. The Kier molecular flexibility index (Phi) is 4.29. The zero-order chi connectivity index (χ0) is 14.7. The smallest absolute Gasteiger partial charge is 0.270 e. The van der Waals surface area contributed by atoms with Crippen molar-refractivity contribution in [3.05, 3.63) is 30.0 Å². The van der Waals surface area contributed by atoms with Crippen LogP contribution in [0.3, 0.4) is 0 Å². The Morgan fingerprint density at radius 2 is 2.20 bits per heavy atom. The average Bonchev–Trinajstić information content (AvgIpc) is 2.88. The van der Waals surface area contributed by atoms with Gasteiger partial charge in [0.1, 0.15) is 11.4 Å². The van der Waals surface area contributed by atoms with Crippen LogP contribution in [0.4, 0.5) is 0 Å². The number of fused-ring (bicyclic) bond motifs is 1. The van der Waals surface area contributed by atoms with E-state index in [9.17, 15) is 4.79 Å². The molecule has 0 fully saturated rings. The largest absolute Gasteiger partial charge is 0.494 e. The summed E-state index contributed by atoms with van der Waals surface area (Å²) in [5, 5.41) is 10.1. The predicted molar refractivity (Wildman–Crippen MR) is 78.1 cm³/mol. The summed E-state index contributed by atoms with van der Waals surface area (Å²) >= 11 is 0. The number of H-pyrrole nitrogens is 1. The van der Waals surface area contributed by atoms with Crippen LogP contribution in [0, 0.1) is 0 Å². The Hall–Kier alpha value is -2.01. The van der Waals surface area contributed by atoms with Gasteiger partial charge in [0.25, 0.3) is 5.91 Å². The fraction of sp³-hybridized carbons (Fsp3) is 0.400. The number of carbonyl (C=O) groups is 1. The zero-order valence-corrected chi connectivity index (χ0v) is 12.0. The van der Waals surface area contributed by atoms with Gasteiger partial charge in [0.2, 0.25) is 0 Å². The third kappa shape index (κ3) is 2.77. The predicted octanol–water partition coefficient (Wildman–Crippen LogP) is 2.02. The number of likely N-dealkylation sites (N-methyl/N-ethyl adjacent to an activating group) is 1. The number of nitrogens with zero attached hydrogens (tertiary/aromatic N) is 1.